The van der Waals surface area contributed by atoms with Gasteiger partial charge in [-0.3, -0.25) is 4.79 Å². The average Bonchev–Trinajstić information content (AvgIpc) is 2.79. The molecule has 7 heteroatoms. The van der Waals surface area contributed by atoms with Gasteiger partial charge < -0.3 is 10.1 Å². The van der Waals surface area contributed by atoms with Crippen LogP contribution in [0.25, 0.3) is 0 Å². The van der Waals surface area contributed by atoms with Gasteiger partial charge in [-0.2, -0.15) is 4.31 Å². The van der Waals surface area contributed by atoms with Crippen molar-refractivity contribution in [2.45, 2.75) is 43.5 Å². The molecule has 1 aliphatic heterocycles. The Morgan fingerprint density at radius 1 is 1.13 bits per heavy atom. The van der Waals surface area contributed by atoms with E-state index in [1.54, 1.807) is 12.1 Å². The van der Waals surface area contributed by atoms with E-state index in [9.17, 15) is 13.2 Å². The maximum absolute atomic E-state index is 13.2. The van der Waals surface area contributed by atoms with Crippen LogP contribution < -0.4 is 5.32 Å². The molecule has 1 fully saturated rings. The number of amides is 1. The minimum Gasteiger partial charge on any atom is -0.379 e. The van der Waals surface area contributed by atoms with E-state index in [0.717, 1.165) is 24.8 Å². The number of fused-ring (bicyclic) bond motifs is 1. The normalized spacial score (nSPS) is 19.8. The van der Waals surface area contributed by atoms with Crippen LogP contribution in [0.15, 0.2) is 47.4 Å². The second kappa shape index (κ2) is 8.88. The minimum absolute atomic E-state index is 0.0533. The van der Waals surface area contributed by atoms with Crippen LogP contribution in [-0.2, 0) is 34.0 Å². The molecular weight excluding hydrogens is 400 g/mol. The first-order valence-corrected chi connectivity index (χ1v) is 12.0. The Labute approximate surface area is 178 Å². The van der Waals surface area contributed by atoms with Crippen LogP contribution in [0, 0.1) is 0 Å². The lowest BCUT2D eigenvalue weighted by Gasteiger charge is -2.27. The summed E-state index contributed by atoms with van der Waals surface area (Å²) < 4.78 is 33.2. The molecule has 1 N–H and O–H groups in total. The summed E-state index contributed by atoms with van der Waals surface area (Å²) >= 11 is 0. The van der Waals surface area contributed by atoms with Crippen molar-refractivity contribution in [2.75, 3.05) is 26.3 Å². The standard InChI is InChI=1S/C23H28N2O4S/c1-2-17-7-8-20(16-22(17)30(27,28)25-11-13-29-14-12-25)23(26)24-21-10-9-18-5-3-4-6-19(18)15-21/h3-8,16,21H,2,9-15H2,1H3,(H,24,26). The molecule has 4 rings (SSSR count). The molecular formula is C23H28N2O4S. The topological polar surface area (TPSA) is 75.7 Å². The summed E-state index contributed by atoms with van der Waals surface area (Å²) in [6.07, 6.45) is 3.20. The smallest absolute Gasteiger partial charge is 0.251 e. The molecule has 1 heterocycles. The van der Waals surface area contributed by atoms with Crippen molar-refractivity contribution in [3.63, 3.8) is 0 Å². The van der Waals surface area contributed by atoms with Crippen molar-refractivity contribution in [1.29, 1.82) is 0 Å². The molecule has 1 amide bonds. The molecule has 2 aliphatic rings. The number of carbonyl (C=O) groups excluding carboxylic acids is 1. The number of benzene rings is 2. The predicted molar refractivity (Wildman–Crippen MR) is 115 cm³/mol. The third-order valence-corrected chi connectivity index (χ3v) is 7.96. The first-order valence-electron chi connectivity index (χ1n) is 10.6. The Balaban J connectivity index is 1.55. The summed E-state index contributed by atoms with van der Waals surface area (Å²) in [5.41, 5.74) is 3.72. The largest absolute Gasteiger partial charge is 0.379 e. The number of nitrogens with zero attached hydrogens (tertiary/aromatic N) is 1. The Hall–Kier alpha value is -2.22. The fourth-order valence-corrected chi connectivity index (χ4v) is 5.97. The van der Waals surface area contributed by atoms with Crippen molar-refractivity contribution in [2.24, 2.45) is 0 Å². The molecule has 1 unspecified atom stereocenters. The summed E-state index contributed by atoms with van der Waals surface area (Å²) in [5.74, 6) is -0.222. The quantitative estimate of drug-likeness (QED) is 0.794. The fourth-order valence-electron chi connectivity index (χ4n) is 4.24. The van der Waals surface area contributed by atoms with Gasteiger partial charge in [0.15, 0.2) is 0 Å². The predicted octanol–water partition coefficient (Wildman–Crippen LogP) is 2.56. The minimum atomic E-state index is -3.66. The zero-order valence-electron chi connectivity index (χ0n) is 17.3. The summed E-state index contributed by atoms with van der Waals surface area (Å²) in [6.45, 7) is 3.38. The number of aryl methyl sites for hydroxylation is 2. The maximum Gasteiger partial charge on any atom is 0.251 e. The van der Waals surface area contributed by atoms with Crippen LogP contribution in [0.5, 0.6) is 0 Å². The number of sulfonamides is 1. The van der Waals surface area contributed by atoms with E-state index in [1.165, 1.54) is 21.5 Å². The number of morpholine rings is 1. The summed E-state index contributed by atoms with van der Waals surface area (Å²) in [6, 6.07) is 13.4. The van der Waals surface area contributed by atoms with E-state index in [0.29, 0.717) is 38.3 Å². The molecule has 6 nitrogen and oxygen atoms in total. The molecule has 2 aromatic carbocycles. The van der Waals surface area contributed by atoms with Gasteiger partial charge in [0, 0.05) is 24.7 Å². The van der Waals surface area contributed by atoms with Gasteiger partial charge >= 0.3 is 0 Å². The van der Waals surface area contributed by atoms with Crippen molar-refractivity contribution < 1.29 is 17.9 Å². The van der Waals surface area contributed by atoms with Crippen LogP contribution in [0.1, 0.15) is 40.4 Å². The zero-order valence-corrected chi connectivity index (χ0v) is 18.1. The molecule has 160 valence electrons. The van der Waals surface area contributed by atoms with E-state index in [4.69, 9.17) is 4.74 Å². The van der Waals surface area contributed by atoms with Crippen LogP contribution in [0.3, 0.4) is 0 Å². The fraction of sp³-hybridized carbons (Fsp3) is 0.435. The van der Waals surface area contributed by atoms with E-state index in [2.05, 4.69) is 17.4 Å². The number of hydrogen-bond donors (Lipinski definition) is 1. The van der Waals surface area contributed by atoms with Crippen molar-refractivity contribution in [3.05, 3.63) is 64.7 Å². The van der Waals surface area contributed by atoms with Gasteiger partial charge in [0.2, 0.25) is 10.0 Å². The Bertz CT molecular complexity index is 1030. The Kier molecular flexibility index (Phi) is 6.22. The average molecular weight is 429 g/mol. The van der Waals surface area contributed by atoms with Crippen LogP contribution >= 0.6 is 0 Å². The third kappa shape index (κ3) is 4.29. The van der Waals surface area contributed by atoms with Crippen LogP contribution in [0.2, 0.25) is 0 Å². The lowest BCUT2D eigenvalue weighted by Crippen LogP contribution is -2.41. The number of rotatable bonds is 5. The first kappa shape index (κ1) is 21.0. The van der Waals surface area contributed by atoms with Crippen LogP contribution in [-0.4, -0.2) is 51.0 Å². The maximum atomic E-state index is 13.2. The van der Waals surface area contributed by atoms with Crippen molar-refractivity contribution in [1.82, 2.24) is 9.62 Å². The zero-order chi connectivity index (χ0) is 21.1. The van der Waals surface area contributed by atoms with Gasteiger partial charge in [-0.15, -0.1) is 0 Å². The molecule has 1 aliphatic carbocycles. The molecule has 0 saturated carbocycles. The van der Waals surface area contributed by atoms with E-state index >= 15 is 0 Å². The number of carbonyl (C=O) groups is 1. The molecule has 2 aromatic rings. The van der Waals surface area contributed by atoms with E-state index in [-0.39, 0.29) is 16.8 Å². The molecule has 0 radical (unpaired) electrons. The lowest BCUT2D eigenvalue weighted by atomic mass is 9.88. The highest BCUT2D eigenvalue weighted by Crippen LogP contribution is 2.25. The van der Waals surface area contributed by atoms with Crippen LogP contribution in [0.4, 0.5) is 0 Å². The van der Waals surface area contributed by atoms with Crippen molar-refractivity contribution in [3.8, 4) is 0 Å². The second-order valence-corrected chi connectivity index (χ2v) is 9.78. The molecule has 1 atom stereocenters. The third-order valence-electron chi connectivity index (χ3n) is 5.98. The highest BCUT2D eigenvalue weighted by Gasteiger charge is 2.29. The Morgan fingerprint density at radius 3 is 2.60 bits per heavy atom. The molecule has 0 spiro atoms. The second-order valence-electron chi connectivity index (χ2n) is 7.87. The highest BCUT2D eigenvalue weighted by atomic mass is 32.2. The number of ether oxygens (including phenoxy) is 1. The first-order chi connectivity index (χ1) is 14.5. The monoisotopic (exact) mass is 428 g/mol. The SMILES string of the molecule is CCc1ccc(C(=O)NC2CCc3ccccc3C2)cc1S(=O)(=O)N1CCOCC1. The van der Waals surface area contributed by atoms with Gasteiger partial charge in [-0.05, 0) is 54.5 Å². The van der Waals surface area contributed by atoms with Gasteiger partial charge in [0.05, 0.1) is 18.1 Å². The van der Waals surface area contributed by atoms with E-state index < -0.39 is 10.0 Å². The molecule has 0 aromatic heterocycles. The number of hydrogen-bond acceptors (Lipinski definition) is 4. The van der Waals surface area contributed by atoms with Gasteiger partial charge in [0.25, 0.3) is 5.91 Å². The summed E-state index contributed by atoms with van der Waals surface area (Å²) in [7, 11) is -3.66. The highest BCUT2D eigenvalue weighted by molar-refractivity contribution is 7.89. The van der Waals surface area contributed by atoms with Crippen molar-refractivity contribution >= 4 is 15.9 Å². The van der Waals surface area contributed by atoms with Gasteiger partial charge in [-0.25, -0.2) is 8.42 Å². The van der Waals surface area contributed by atoms with Gasteiger partial charge in [-0.1, -0.05) is 37.3 Å². The summed E-state index contributed by atoms with van der Waals surface area (Å²) in [4.78, 5) is 13.2. The molecule has 30 heavy (non-hydrogen) atoms. The van der Waals surface area contributed by atoms with E-state index in [1.807, 2.05) is 19.1 Å². The number of nitrogens with one attached hydrogen (secondary N) is 1. The summed E-state index contributed by atoms with van der Waals surface area (Å²) in [5, 5.41) is 3.10. The lowest BCUT2D eigenvalue weighted by molar-refractivity contribution is 0.0730. The Morgan fingerprint density at radius 2 is 1.87 bits per heavy atom. The molecule has 1 saturated heterocycles. The molecule has 0 bridgehead atoms. The van der Waals surface area contributed by atoms with Gasteiger partial charge in [0.1, 0.15) is 0 Å².